The SMILES string of the molecule is CC1(C)CC(NC(=O)c2cnc(NN)c(Cl)c2)CCO1. The molecule has 2 rings (SSSR count). The standard InChI is InChI=1S/C13H19ClN4O2/c1-13(2)6-9(3-4-20-13)17-12(19)8-5-10(14)11(18-15)16-7-8/h5,7,9H,3-4,6,15H2,1-2H3,(H,16,18)(H,17,19). The molecule has 6 nitrogen and oxygen atoms in total. The number of pyridine rings is 1. The van der Waals surface area contributed by atoms with Crippen molar-refractivity contribution in [3.63, 3.8) is 0 Å². The molecule has 1 aromatic heterocycles. The van der Waals surface area contributed by atoms with Gasteiger partial charge in [0.25, 0.3) is 5.91 Å². The summed E-state index contributed by atoms with van der Waals surface area (Å²) in [6.45, 7) is 4.68. The van der Waals surface area contributed by atoms with Crippen LogP contribution in [0.3, 0.4) is 0 Å². The lowest BCUT2D eigenvalue weighted by Gasteiger charge is -2.35. The molecule has 1 aromatic rings. The molecule has 20 heavy (non-hydrogen) atoms. The highest BCUT2D eigenvalue weighted by molar-refractivity contribution is 6.33. The third-order valence-corrected chi connectivity index (χ3v) is 3.56. The normalized spacial score (nSPS) is 21.3. The van der Waals surface area contributed by atoms with Gasteiger partial charge in [0.15, 0.2) is 5.82 Å². The number of nitrogens with zero attached hydrogens (tertiary/aromatic N) is 1. The highest BCUT2D eigenvalue weighted by Gasteiger charge is 2.29. The molecule has 0 saturated carbocycles. The number of halogens is 1. The zero-order valence-corrected chi connectivity index (χ0v) is 12.3. The minimum Gasteiger partial charge on any atom is -0.375 e. The number of nitrogens with one attached hydrogen (secondary N) is 2. The fraction of sp³-hybridized carbons (Fsp3) is 0.538. The van der Waals surface area contributed by atoms with E-state index in [1.165, 1.54) is 6.20 Å². The van der Waals surface area contributed by atoms with Crippen LogP contribution >= 0.6 is 11.6 Å². The minimum atomic E-state index is -0.209. The first kappa shape index (κ1) is 15.0. The van der Waals surface area contributed by atoms with Gasteiger partial charge < -0.3 is 15.5 Å². The summed E-state index contributed by atoms with van der Waals surface area (Å²) in [6.07, 6.45) is 3.03. The van der Waals surface area contributed by atoms with Crippen LogP contribution in [-0.4, -0.2) is 29.1 Å². The van der Waals surface area contributed by atoms with Crippen LogP contribution in [0.5, 0.6) is 0 Å². The molecule has 0 aromatic carbocycles. The maximum absolute atomic E-state index is 12.2. The van der Waals surface area contributed by atoms with Gasteiger partial charge in [0, 0.05) is 18.8 Å². The van der Waals surface area contributed by atoms with Crippen LogP contribution in [0.15, 0.2) is 12.3 Å². The summed E-state index contributed by atoms with van der Waals surface area (Å²) in [6, 6.07) is 1.64. The molecule has 0 radical (unpaired) electrons. The fourth-order valence-corrected chi connectivity index (χ4v) is 2.51. The number of hydrogen-bond acceptors (Lipinski definition) is 5. The highest BCUT2D eigenvalue weighted by atomic mass is 35.5. The van der Waals surface area contributed by atoms with Gasteiger partial charge in [-0.1, -0.05) is 11.6 Å². The van der Waals surface area contributed by atoms with Gasteiger partial charge in [0.05, 0.1) is 16.2 Å². The number of nitrogen functional groups attached to an aromatic ring is 1. The molecular weight excluding hydrogens is 280 g/mol. The van der Waals surface area contributed by atoms with E-state index in [1.54, 1.807) is 6.07 Å². The summed E-state index contributed by atoms with van der Waals surface area (Å²) in [4.78, 5) is 16.2. The van der Waals surface area contributed by atoms with Crippen molar-refractivity contribution in [2.45, 2.75) is 38.3 Å². The Balaban J connectivity index is 2.03. The molecule has 1 atom stereocenters. The predicted octanol–water partition coefficient (Wildman–Crippen LogP) is 1.71. The van der Waals surface area contributed by atoms with E-state index in [9.17, 15) is 4.79 Å². The number of carbonyl (C=O) groups is 1. The smallest absolute Gasteiger partial charge is 0.253 e. The molecule has 1 aliphatic heterocycles. The zero-order chi connectivity index (χ0) is 14.8. The van der Waals surface area contributed by atoms with Crippen LogP contribution in [0.25, 0.3) is 0 Å². The quantitative estimate of drug-likeness (QED) is 0.584. The molecule has 0 bridgehead atoms. The molecule has 1 amide bonds. The molecule has 0 aliphatic carbocycles. The van der Waals surface area contributed by atoms with Gasteiger partial charge in [-0.3, -0.25) is 4.79 Å². The topological polar surface area (TPSA) is 89.3 Å². The second-order valence-electron chi connectivity index (χ2n) is 5.47. The molecule has 4 N–H and O–H groups in total. The summed E-state index contributed by atoms with van der Waals surface area (Å²) >= 11 is 5.96. The molecule has 1 unspecified atom stereocenters. The highest BCUT2D eigenvalue weighted by Crippen LogP contribution is 2.24. The molecule has 0 spiro atoms. The summed E-state index contributed by atoms with van der Waals surface area (Å²) in [5, 5.41) is 3.30. The first-order valence-corrected chi connectivity index (χ1v) is 6.86. The largest absolute Gasteiger partial charge is 0.375 e. The van der Waals surface area contributed by atoms with E-state index in [4.69, 9.17) is 22.2 Å². The van der Waals surface area contributed by atoms with Gasteiger partial charge in [-0.25, -0.2) is 10.8 Å². The van der Waals surface area contributed by atoms with Crippen molar-refractivity contribution >= 4 is 23.3 Å². The van der Waals surface area contributed by atoms with Gasteiger partial charge >= 0.3 is 0 Å². The second-order valence-corrected chi connectivity index (χ2v) is 5.88. The number of aromatic nitrogens is 1. The molecule has 1 saturated heterocycles. The van der Waals surface area contributed by atoms with Crippen molar-refractivity contribution in [3.05, 3.63) is 22.8 Å². The van der Waals surface area contributed by atoms with E-state index >= 15 is 0 Å². The maximum Gasteiger partial charge on any atom is 0.253 e. The lowest BCUT2D eigenvalue weighted by molar-refractivity contribution is -0.0615. The number of hydrogen-bond donors (Lipinski definition) is 3. The monoisotopic (exact) mass is 298 g/mol. The van der Waals surface area contributed by atoms with Crippen LogP contribution in [0.1, 0.15) is 37.0 Å². The first-order valence-electron chi connectivity index (χ1n) is 6.48. The molecule has 110 valence electrons. The lowest BCUT2D eigenvalue weighted by atomic mass is 9.94. The first-order chi connectivity index (χ1) is 9.41. The van der Waals surface area contributed by atoms with E-state index in [2.05, 4.69) is 15.7 Å². The Morgan fingerprint density at radius 1 is 1.60 bits per heavy atom. The Morgan fingerprint density at radius 3 is 2.95 bits per heavy atom. The number of ether oxygens (including phenoxy) is 1. The number of carbonyl (C=O) groups excluding carboxylic acids is 1. The van der Waals surface area contributed by atoms with Crippen molar-refractivity contribution in [2.75, 3.05) is 12.0 Å². The van der Waals surface area contributed by atoms with E-state index < -0.39 is 0 Å². The molecular formula is C13H19ClN4O2. The van der Waals surface area contributed by atoms with Gasteiger partial charge in [0.2, 0.25) is 0 Å². The van der Waals surface area contributed by atoms with Gasteiger partial charge in [0.1, 0.15) is 0 Å². The Morgan fingerprint density at radius 2 is 2.35 bits per heavy atom. The third kappa shape index (κ3) is 3.59. The van der Waals surface area contributed by atoms with Crippen LogP contribution in [0.2, 0.25) is 5.02 Å². The number of nitrogens with two attached hydrogens (primary N) is 1. The molecule has 1 fully saturated rings. The molecule has 7 heteroatoms. The zero-order valence-electron chi connectivity index (χ0n) is 11.6. The number of rotatable bonds is 3. The van der Waals surface area contributed by atoms with E-state index in [0.29, 0.717) is 23.0 Å². The van der Waals surface area contributed by atoms with Crippen molar-refractivity contribution in [2.24, 2.45) is 5.84 Å². The average Bonchev–Trinajstić information content (AvgIpc) is 2.37. The van der Waals surface area contributed by atoms with Crippen molar-refractivity contribution in [1.29, 1.82) is 0 Å². The summed E-state index contributed by atoms with van der Waals surface area (Å²) in [5.41, 5.74) is 2.57. The van der Waals surface area contributed by atoms with E-state index in [1.807, 2.05) is 13.8 Å². The van der Waals surface area contributed by atoms with Crippen molar-refractivity contribution in [1.82, 2.24) is 10.3 Å². The Bertz CT molecular complexity index is 507. The van der Waals surface area contributed by atoms with E-state index in [-0.39, 0.29) is 17.6 Å². The maximum atomic E-state index is 12.2. The lowest BCUT2D eigenvalue weighted by Crippen LogP contribution is -2.45. The Hall–Kier alpha value is -1.37. The van der Waals surface area contributed by atoms with Gasteiger partial charge in [-0.15, -0.1) is 0 Å². The Labute approximate surface area is 123 Å². The summed E-state index contributed by atoms with van der Waals surface area (Å²) < 4.78 is 5.63. The second kappa shape index (κ2) is 5.95. The molecule has 1 aliphatic rings. The van der Waals surface area contributed by atoms with E-state index in [0.717, 1.165) is 12.8 Å². The fourth-order valence-electron chi connectivity index (χ4n) is 2.29. The predicted molar refractivity (Wildman–Crippen MR) is 77.6 cm³/mol. The third-order valence-electron chi connectivity index (χ3n) is 3.27. The number of hydrazine groups is 1. The van der Waals surface area contributed by atoms with Crippen LogP contribution in [0, 0.1) is 0 Å². The number of anilines is 1. The summed E-state index contributed by atoms with van der Waals surface area (Å²) in [7, 11) is 0. The molecule has 2 heterocycles. The van der Waals surface area contributed by atoms with Gasteiger partial charge in [-0.05, 0) is 32.8 Å². The average molecular weight is 299 g/mol. The summed E-state index contributed by atoms with van der Waals surface area (Å²) in [5.74, 6) is 5.40. The minimum absolute atomic E-state index is 0.0948. The van der Waals surface area contributed by atoms with Crippen LogP contribution in [0.4, 0.5) is 5.82 Å². The number of amides is 1. The van der Waals surface area contributed by atoms with Gasteiger partial charge in [-0.2, -0.15) is 0 Å². The van der Waals surface area contributed by atoms with Crippen molar-refractivity contribution in [3.8, 4) is 0 Å². The Kier molecular flexibility index (Phi) is 4.47. The van der Waals surface area contributed by atoms with Crippen LogP contribution < -0.4 is 16.6 Å². The van der Waals surface area contributed by atoms with Crippen LogP contribution in [-0.2, 0) is 4.74 Å². The van der Waals surface area contributed by atoms with Crippen molar-refractivity contribution < 1.29 is 9.53 Å².